The van der Waals surface area contributed by atoms with E-state index in [-0.39, 0.29) is 31.6 Å². The van der Waals surface area contributed by atoms with Crippen LogP contribution in [-0.2, 0) is 46.2 Å². The van der Waals surface area contributed by atoms with Crippen LogP contribution in [0, 0.1) is 0 Å². The van der Waals surface area contributed by atoms with Crippen molar-refractivity contribution in [1.29, 1.82) is 0 Å². The molecule has 11 nitrogen and oxygen atoms in total. The zero-order valence-electron chi connectivity index (χ0n) is 22.7. The van der Waals surface area contributed by atoms with Crippen molar-refractivity contribution in [2.75, 3.05) is 27.2 Å². The summed E-state index contributed by atoms with van der Waals surface area (Å²) in [5.41, 5.74) is 0.826. The molecule has 1 N–H and O–H groups in total. The summed E-state index contributed by atoms with van der Waals surface area (Å²) in [6.07, 6.45) is -0.786. The van der Waals surface area contributed by atoms with Gasteiger partial charge in [0, 0.05) is 6.42 Å². The summed E-state index contributed by atoms with van der Waals surface area (Å²) in [5.74, 6) is -1.54. The molecule has 0 radical (unpaired) electrons. The first-order valence-corrected chi connectivity index (χ1v) is 12.4. The molecule has 1 atom stereocenters. The van der Waals surface area contributed by atoms with Crippen molar-refractivity contribution in [3.8, 4) is 5.75 Å². The van der Waals surface area contributed by atoms with Gasteiger partial charge in [0.1, 0.15) is 24.0 Å². The fraction of sp³-hybridized carbons (Fsp3) is 0.407. The molecular formula is C27H33BN2O9. The van der Waals surface area contributed by atoms with Crippen molar-refractivity contribution in [1.82, 2.24) is 10.2 Å². The minimum absolute atomic E-state index is 0.00120. The third kappa shape index (κ3) is 9.33. The van der Waals surface area contributed by atoms with E-state index in [9.17, 15) is 19.2 Å². The van der Waals surface area contributed by atoms with E-state index >= 15 is 0 Å². The van der Waals surface area contributed by atoms with Crippen LogP contribution in [0.1, 0.15) is 31.9 Å². The zero-order chi connectivity index (χ0) is 28.6. The Morgan fingerprint density at radius 1 is 1.03 bits per heavy atom. The maximum atomic E-state index is 13.1. The first-order chi connectivity index (χ1) is 18.4. The molecular weight excluding hydrogens is 507 g/mol. The number of nitrogens with zero attached hydrogens (tertiary/aromatic N) is 1. The summed E-state index contributed by atoms with van der Waals surface area (Å²) >= 11 is 0. The third-order valence-corrected chi connectivity index (χ3v) is 5.46. The minimum atomic E-state index is -1.35. The number of esters is 1. The Morgan fingerprint density at radius 3 is 2.26 bits per heavy atom. The van der Waals surface area contributed by atoms with Crippen LogP contribution in [0.25, 0.3) is 0 Å². The zero-order valence-corrected chi connectivity index (χ0v) is 22.7. The first kappa shape index (κ1) is 29.5. The predicted molar refractivity (Wildman–Crippen MR) is 141 cm³/mol. The molecule has 0 spiro atoms. The highest BCUT2D eigenvalue weighted by Gasteiger charge is 2.37. The Balaban J connectivity index is 1.85. The summed E-state index contributed by atoms with van der Waals surface area (Å²) in [7, 11) is 1.67. The molecule has 2 aromatic carbocycles. The van der Waals surface area contributed by atoms with Crippen molar-refractivity contribution in [2.45, 2.75) is 45.4 Å². The number of carbonyl (C=O) groups is 4. The highest BCUT2D eigenvalue weighted by Crippen LogP contribution is 2.16. The van der Waals surface area contributed by atoms with E-state index in [0.29, 0.717) is 11.3 Å². The molecule has 0 unspecified atom stereocenters. The Bertz CT molecular complexity index is 1160. The van der Waals surface area contributed by atoms with Gasteiger partial charge in [0.05, 0.1) is 25.7 Å². The minimum Gasteiger partial charge on any atom is -0.497 e. The molecule has 1 aliphatic heterocycles. The summed E-state index contributed by atoms with van der Waals surface area (Å²) in [4.78, 5) is 51.7. The van der Waals surface area contributed by atoms with Gasteiger partial charge in [-0.15, -0.1) is 0 Å². The van der Waals surface area contributed by atoms with Gasteiger partial charge >= 0.3 is 31.1 Å². The molecule has 0 aliphatic carbocycles. The predicted octanol–water partition coefficient (Wildman–Crippen LogP) is 1.60. The average molecular weight is 540 g/mol. The highest BCUT2D eigenvalue weighted by molar-refractivity contribution is 6.65. The number of alkyl carbamates (subject to hydrolysis) is 1. The molecule has 1 saturated heterocycles. The molecule has 1 amide bonds. The van der Waals surface area contributed by atoms with Gasteiger partial charge in [-0.1, -0.05) is 42.5 Å². The van der Waals surface area contributed by atoms with Gasteiger partial charge in [-0.25, -0.2) is 9.59 Å². The molecule has 1 heterocycles. The first-order valence-electron chi connectivity index (χ1n) is 12.4. The molecule has 2 aromatic rings. The molecule has 0 bridgehead atoms. The lowest BCUT2D eigenvalue weighted by Crippen LogP contribution is -2.48. The standard InChI is InChI=1S/C27H33BN2O9/c1-27(2,3)37-26(34)29-21(25(33)36-17-18-9-7-6-8-10-18)14-19-11-12-22(35-5)20(13-19)28-38-23(31)15-30(4)16-24(32)39-28/h6-13,21H,14-17H2,1-5H3,(H,29,34)/t21-/m1/s1. The van der Waals surface area contributed by atoms with Gasteiger partial charge in [-0.3, -0.25) is 14.5 Å². The second-order valence-corrected chi connectivity index (χ2v) is 10.1. The Kier molecular flexibility index (Phi) is 9.94. The highest BCUT2D eigenvalue weighted by atomic mass is 16.6. The van der Waals surface area contributed by atoms with Crippen LogP contribution in [0.4, 0.5) is 4.79 Å². The molecule has 39 heavy (non-hydrogen) atoms. The van der Waals surface area contributed by atoms with Crippen LogP contribution in [0.3, 0.4) is 0 Å². The largest absolute Gasteiger partial charge is 0.640 e. The lowest BCUT2D eigenvalue weighted by molar-refractivity contribution is -0.148. The summed E-state index contributed by atoms with van der Waals surface area (Å²) in [6, 6.07) is 12.9. The molecule has 208 valence electrons. The number of hydrogen-bond acceptors (Lipinski definition) is 10. The second-order valence-electron chi connectivity index (χ2n) is 10.1. The maximum absolute atomic E-state index is 13.1. The fourth-order valence-corrected chi connectivity index (χ4v) is 3.76. The number of ether oxygens (including phenoxy) is 3. The number of amides is 1. The lowest BCUT2D eigenvalue weighted by atomic mass is 9.76. The number of hydrogen-bond donors (Lipinski definition) is 1. The van der Waals surface area contributed by atoms with Gasteiger partial charge in [-0.05, 0) is 45.0 Å². The van der Waals surface area contributed by atoms with Gasteiger partial charge in [0.2, 0.25) is 0 Å². The molecule has 0 aromatic heterocycles. The normalized spacial score (nSPS) is 15.3. The van der Waals surface area contributed by atoms with E-state index < -0.39 is 42.8 Å². The van der Waals surface area contributed by atoms with E-state index in [1.54, 1.807) is 46.0 Å². The number of nitrogens with one attached hydrogen (secondary N) is 1. The second kappa shape index (κ2) is 13.1. The number of methoxy groups -OCH3 is 1. The van der Waals surface area contributed by atoms with E-state index in [2.05, 4.69) is 5.32 Å². The van der Waals surface area contributed by atoms with Gasteiger partial charge in [0.15, 0.2) is 0 Å². The van der Waals surface area contributed by atoms with Crippen molar-refractivity contribution >= 4 is 36.6 Å². The topological polar surface area (TPSA) is 130 Å². The lowest BCUT2D eigenvalue weighted by Gasteiger charge is -2.24. The van der Waals surface area contributed by atoms with Crippen LogP contribution in [0.2, 0.25) is 0 Å². The third-order valence-electron chi connectivity index (χ3n) is 5.46. The van der Waals surface area contributed by atoms with Crippen LogP contribution in [0.15, 0.2) is 48.5 Å². The van der Waals surface area contributed by atoms with Crippen molar-refractivity contribution in [3.63, 3.8) is 0 Å². The molecule has 1 fully saturated rings. The molecule has 12 heteroatoms. The molecule has 3 rings (SSSR count). The number of carbonyl (C=O) groups excluding carboxylic acids is 4. The van der Waals surface area contributed by atoms with E-state index in [1.165, 1.54) is 12.0 Å². The summed E-state index contributed by atoms with van der Waals surface area (Å²) in [5, 5.41) is 2.58. The molecule has 1 aliphatic rings. The van der Waals surface area contributed by atoms with Gasteiger partial charge in [0.25, 0.3) is 0 Å². The number of benzene rings is 2. The average Bonchev–Trinajstić information content (AvgIpc) is 2.85. The van der Waals surface area contributed by atoms with Crippen molar-refractivity contribution in [2.24, 2.45) is 0 Å². The van der Waals surface area contributed by atoms with Crippen molar-refractivity contribution < 1.29 is 42.7 Å². The van der Waals surface area contributed by atoms with Gasteiger partial charge in [-0.2, -0.15) is 0 Å². The van der Waals surface area contributed by atoms with E-state index in [4.69, 9.17) is 23.5 Å². The number of rotatable bonds is 8. The quantitative estimate of drug-likeness (QED) is 0.389. The SMILES string of the molecule is COc1ccc(C[C@@H](NC(=O)OC(C)(C)C)C(=O)OCc2ccccc2)cc1B1OC(=O)CN(C)CC(=O)O1. The van der Waals surface area contributed by atoms with Crippen LogP contribution in [0.5, 0.6) is 5.75 Å². The van der Waals surface area contributed by atoms with Crippen molar-refractivity contribution in [3.05, 3.63) is 59.7 Å². The Hall–Kier alpha value is -4.06. The fourth-order valence-electron chi connectivity index (χ4n) is 3.76. The Labute approximate surface area is 227 Å². The number of likely N-dealkylation sites (N-methyl/N-ethyl adjacent to an activating group) is 1. The Morgan fingerprint density at radius 2 is 1.67 bits per heavy atom. The maximum Gasteiger partial charge on any atom is 0.640 e. The smallest absolute Gasteiger partial charge is 0.497 e. The summed E-state index contributed by atoms with van der Waals surface area (Å²) < 4.78 is 27.0. The van der Waals surface area contributed by atoms with Crippen LogP contribution < -0.4 is 15.5 Å². The van der Waals surface area contributed by atoms with E-state index in [0.717, 1.165) is 5.56 Å². The van der Waals surface area contributed by atoms with E-state index in [1.807, 2.05) is 30.3 Å². The van der Waals surface area contributed by atoms with Crippen LogP contribution >= 0.6 is 0 Å². The molecule has 0 saturated carbocycles. The van der Waals surface area contributed by atoms with Crippen LogP contribution in [-0.4, -0.2) is 74.9 Å². The summed E-state index contributed by atoms with van der Waals surface area (Å²) in [6.45, 7) is 4.95. The van der Waals surface area contributed by atoms with Gasteiger partial charge < -0.3 is 28.8 Å². The monoisotopic (exact) mass is 540 g/mol.